The Balaban J connectivity index is 0.990. The number of rotatable bonds is 7. The maximum atomic E-state index is 6.42. The van der Waals surface area contributed by atoms with Gasteiger partial charge in [0.15, 0.2) is 0 Å². The fourth-order valence-corrected chi connectivity index (χ4v) is 11.6. The van der Waals surface area contributed by atoms with Crippen LogP contribution < -0.4 is 4.90 Å². The molecule has 1 aliphatic carbocycles. The molecule has 68 heavy (non-hydrogen) atoms. The average Bonchev–Trinajstić information content (AvgIpc) is 4.06. The molecular weight excluding hydrogens is 825 g/mol. The summed E-state index contributed by atoms with van der Waals surface area (Å²) in [6.45, 7) is 0. The summed E-state index contributed by atoms with van der Waals surface area (Å²) in [5.74, 6) is 0. The Morgan fingerprint density at radius 1 is 0.368 bits per heavy atom. The Kier molecular flexibility index (Phi) is 8.50. The van der Waals surface area contributed by atoms with Crippen molar-refractivity contribution < 1.29 is 4.42 Å². The van der Waals surface area contributed by atoms with Crippen molar-refractivity contribution in [2.45, 2.75) is 5.41 Å². The lowest BCUT2D eigenvalue weighted by molar-refractivity contribution is 0.669. The van der Waals surface area contributed by atoms with E-state index in [1.807, 2.05) is 6.07 Å². The summed E-state index contributed by atoms with van der Waals surface area (Å²) in [6, 6.07) is 93.2. The van der Waals surface area contributed by atoms with Gasteiger partial charge in [0, 0.05) is 32.9 Å². The molecular formula is C65H42N2O. The molecule has 2 aromatic heterocycles. The second-order valence-electron chi connectivity index (χ2n) is 18.0. The van der Waals surface area contributed by atoms with Crippen LogP contribution in [0.2, 0.25) is 0 Å². The lowest BCUT2D eigenvalue weighted by atomic mass is 9.67. The third-order valence-corrected chi connectivity index (χ3v) is 14.4. The fourth-order valence-electron chi connectivity index (χ4n) is 11.6. The third-order valence-electron chi connectivity index (χ3n) is 14.4. The van der Waals surface area contributed by atoms with Crippen molar-refractivity contribution in [2.24, 2.45) is 0 Å². The molecule has 14 rings (SSSR count). The Hall–Kier alpha value is -8.92. The Morgan fingerprint density at radius 2 is 0.985 bits per heavy atom. The van der Waals surface area contributed by atoms with Gasteiger partial charge in [-0.15, -0.1) is 0 Å². The quantitative estimate of drug-likeness (QED) is 0.159. The minimum atomic E-state index is -0.530. The molecule has 11 aromatic carbocycles. The first-order valence-corrected chi connectivity index (χ1v) is 23.4. The molecule has 0 spiro atoms. The first-order valence-electron chi connectivity index (χ1n) is 23.4. The molecule has 3 nitrogen and oxygen atoms in total. The van der Waals surface area contributed by atoms with Crippen molar-refractivity contribution in [1.29, 1.82) is 0 Å². The van der Waals surface area contributed by atoms with E-state index >= 15 is 0 Å². The van der Waals surface area contributed by atoms with Crippen LogP contribution >= 0.6 is 0 Å². The third kappa shape index (κ3) is 5.60. The van der Waals surface area contributed by atoms with Crippen molar-refractivity contribution in [1.82, 2.24) is 4.57 Å². The summed E-state index contributed by atoms with van der Waals surface area (Å²) >= 11 is 0. The van der Waals surface area contributed by atoms with Crippen LogP contribution in [0.25, 0.3) is 82.5 Å². The predicted molar refractivity (Wildman–Crippen MR) is 283 cm³/mol. The summed E-state index contributed by atoms with van der Waals surface area (Å²) in [5, 5.41) is 7.04. The topological polar surface area (TPSA) is 21.3 Å². The van der Waals surface area contributed by atoms with Crippen LogP contribution in [0.3, 0.4) is 0 Å². The van der Waals surface area contributed by atoms with E-state index < -0.39 is 5.41 Å². The smallest absolute Gasteiger partial charge is 0.137 e. The van der Waals surface area contributed by atoms with Crippen LogP contribution in [0.15, 0.2) is 259 Å². The molecule has 0 bridgehead atoms. The fraction of sp³-hybridized carbons (Fsp3) is 0.0154. The molecule has 0 radical (unpaired) electrons. The van der Waals surface area contributed by atoms with Crippen molar-refractivity contribution in [3.05, 3.63) is 277 Å². The van der Waals surface area contributed by atoms with Gasteiger partial charge < -0.3 is 13.9 Å². The van der Waals surface area contributed by atoms with E-state index in [1.165, 1.54) is 54.9 Å². The van der Waals surface area contributed by atoms with Crippen LogP contribution in [0.5, 0.6) is 0 Å². The van der Waals surface area contributed by atoms with Gasteiger partial charge in [-0.1, -0.05) is 194 Å². The molecule has 0 N–H and O–H groups in total. The summed E-state index contributed by atoms with van der Waals surface area (Å²) in [7, 11) is 0. The van der Waals surface area contributed by atoms with E-state index in [0.717, 1.165) is 66.8 Å². The normalized spacial score (nSPS) is 12.8. The van der Waals surface area contributed by atoms with Crippen LogP contribution in [0.1, 0.15) is 22.3 Å². The number of benzene rings is 11. The molecule has 1 aliphatic rings. The Morgan fingerprint density at radius 3 is 1.84 bits per heavy atom. The first-order chi connectivity index (χ1) is 33.7. The number of nitrogens with zero attached hydrogens (tertiary/aromatic N) is 2. The molecule has 0 saturated heterocycles. The summed E-state index contributed by atoms with van der Waals surface area (Å²) in [5.41, 5.74) is 17.8. The summed E-state index contributed by atoms with van der Waals surface area (Å²) < 4.78 is 8.85. The minimum Gasteiger partial charge on any atom is -0.456 e. The number of para-hydroxylation sites is 2. The highest BCUT2D eigenvalue weighted by molar-refractivity contribution is 6.15. The highest BCUT2D eigenvalue weighted by Gasteiger charge is 2.46. The summed E-state index contributed by atoms with van der Waals surface area (Å²) in [4.78, 5) is 2.47. The number of anilines is 3. The van der Waals surface area contributed by atoms with E-state index in [1.54, 1.807) is 0 Å². The van der Waals surface area contributed by atoms with Crippen molar-refractivity contribution in [3.8, 4) is 27.9 Å². The standard InChI is InChI=1S/C65H42N2O/c1-3-21-46(22-4-1)65(47-23-5-2-6-24-47)56-30-12-9-27-51(56)52-39-37-49(42-57(52)65)66(58-32-16-19-43-18-7-8-26-50(43)58)48-25-15-20-44(40-48)45-36-38-54-53-28-10-13-31-59(53)67(61(54)41-45)60-33-17-35-63-64(60)55-29-11-14-34-62(55)68-63/h1-42H. The molecule has 0 atom stereocenters. The van der Waals surface area contributed by atoms with Gasteiger partial charge in [-0.3, -0.25) is 0 Å². The van der Waals surface area contributed by atoms with Gasteiger partial charge in [-0.2, -0.15) is 0 Å². The van der Waals surface area contributed by atoms with E-state index in [-0.39, 0.29) is 0 Å². The number of hydrogen-bond acceptors (Lipinski definition) is 2. The maximum Gasteiger partial charge on any atom is 0.137 e. The van der Waals surface area contributed by atoms with E-state index in [4.69, 9.17) is 4.42 Å². The molecule has 3 heteroatoms. The SMILES string of the molecule is c1ccc(C2(c3ccccc3)c3ccccc3-c3ccc(N(c4cccc(-c5ccc6c7ccccc7n(-c7cccc8oc9ccccc9c78)c6c5)c4)c4cccc5ccccc45)cc32)cc1. The molecule has 0 amide bonds. The number of aromatic nitrogens is 1. The second kappa shape index (κ2) is 15.1. The van der Waals surface area contributed by atoms with Gasteiger partial charge in [0.05, 0.1) is 33.2 Å². The van der Waals surface area contributed by atoms with Gasteiger partial charge in [0.2, 0.25) is 0 Å². The highest BCUT2D eigenvalue weighted by atomic mass is 16.3. The maximum absolute atomic E-state index is 6.42. The van der Waals surface area contributed by atoms with E-state index in [2.05, 4.69) is 258 Å². The van der Waals surface area contributed by atoms with Gasteiger partial charge in [0.1, 0.15) is 11.2 Å². The summed E-state index contributed by atoms with van der Waals surface area (Å²) in [6.07, 6.45) is 0. The van der Waals surface area contributed by atoms with Gasteiger partial charge in [-0.25, -0.2) is 0 Å². The van der Waals surface area contributed by atoms with Crippen molar-refractivity contribution in [2.75, 3.05) is 4.90 Å². The number of hydrogen-bond donors (Lipinski definition) is 0. The molecule has 0 fully saturated rings. The molecule has 13 aromatic rings. The average molecular weight is 867 g/mol. The van der Waals surface area contributed by atoms with Crippen molar-refractivity contribution >= 4 is 71.6 Å². The highest BCUT2D eigenvalue weighted by Crippen LogP contribution is 2.57. The molecule has 0 aliphatic heterocycles. The minimum absolute atomic E-state index is 0.530. The lowest BCUT2D eigenvalue weighted by Crippen LogP contribution is -2.28. The van der Waals surface area contributed by atoms with Gasteiger partial charge >= 0.3 is 0 Å². The second-order valence-corrected chi connectivity index (χ2v) is 18.0. The van der Waals surface area contributed by atoms with Crippen LogP contribution in [-0.2, 0) is 5.41 Å². The molecule has 0 saturated carbocycles. The molecule has 0 unspecified atom stereocenters. The largest absolute Gasteiger partial charge is 0.456 e. The number of fused-ring (bicyclic) bond motifs is 10. The zero-order chi connectivity index (χ0) is 44.8. The van der Waals surface area contributed by atoms with E-state index in [0.29, 0.717) is 0 Å². The van der Waals surface area contributed by atoms with Crippen molar-refractivity contribution in [3.63, 3.8) is 0 Å². The number of furan rings is 1. The Labute approximate surface area is 394 Å². The zero-order valence-corrected chi connectivity index (χ0v) is 37.1. The van der Waals surface area contributed by atoms with Crippen LogP contribution in [0, 0.1) is 0 Å². The monoisotopic (exact) mass is 866 g/mol. The lowest BCUT2D eigenvalue weighted by Gasteiger charge is -2.35. The molecule has 2 heterocycles. The van der Waals surface area contributed by atoms with Crippen LogP contribution in [0.4, 0.5) is 17.1 Å². The molecule has 318 valence electrons. The van der Waals surface area contributed by atoms with Gasteiger partial charge in [-0.05, 0) is 111 Å². The van der Waals surface area contributed by atoms with E-state index in [9.17, 15) is 0 Å². The van der Waals surface area contributed by atoms with Crippen LogP contribution in [-0.4, -0.2) is 4.57 Å². The zero-order valence-electron chi connectivity index (χ0n) is 37.1. The predicted octanol–water partition coefficient (Wildman–Crippen LogP) is 17.3. The van der Waals surface area contributed by atoms with Gasteiger partial charge in [0.25, 0.3) is 0 Å². The Bertz CT molecular complexity index is 4060. The first kappa shape index (κ1) is 38.4.